The molecule has 30 heavy (non-hydrogen) atoms. The summed E-state index contributed by atoms with van der Waals surface area (Å²) in [6, 6.07) is 13.7. The predicted octanol–water partition coefficient (Wildman–Crippen LogP) is 6.34. The average Bonchev–Trinajstić information content (AvgIpc) is 2.98. The lowest BCUT2D eigenvalue weighted by Crippen LogP contribution is -2.25. The van der Waals surface area contributed by atoms with Crippen LogP contribution < -0.4 is 4.74 Å². The fraction of sp³-hybridized carbons (Fsp3) is 0.273. The summed E-state index contributed by atoms with van der Waals surface area (Å²) in [7, 11) is 0. The van der Waals surface area contributed by atoms with Crippen LogP contribution in [0.4, 0.5) is 13.2 Å². The van der Waals surface area contributed by atoms with Crippen LogP contribution in [0.1, 0.15) is 42.4 Å². The molecule has 0 atom stereocenters. The highest BCUT2D eigenvalue weighted by molar-refractivity contribution is 7.99. The van der Waals surface area contributed by atoms with Crippen molar-refractivity contribution in [3.63, 3.8) is 0 Å². The van der Waals surface area contributed by atoms with Gasteiger partial charge in [-0.25, -0.2) is 9.48 Å². The number of nitrogens with zero attached hydrogens (tertiary/aromatic N) is 2. The van der Waals surface area contributed by atoms with Crippen molar-refractivity contribution in [2.24, 2.45) is 0 Å². The summed E-state index contributed by atoms with van der Waals surface area (Å²) < 4.78 is 46.3. The number of hydrogen-bond donors (Lipinski definition) is 0. The molecule has 4 nitrogen and oxygen atoms in total. The molecule has 3 aromatic rings. The van der Waals surface area contributed by atoms with Gasteiger partial charge in [0.1, 0.15) is 0 Å². The molecule has 0 saturated heterocycles. The lowest BCUT2D eigenvalue weighted by molar-refractivity contribution is -0.137. The second-order valence-electron chi connectivity index (χ2n) is 7.69. The third-order valence-electron chi connectivity index (χ3n) is 4.18. The van der Waals surface area contributed by atoms with Crippen LogP contribution in [0.2, 0.25) is 0 Å². The highest BCUT2D eigenvalue weighted by Crippen LogP contribution is 2.40. The van der Waals surface area contributed by atoms with E-state index in [1.807, 2.05) is 51.1 Å². The number of benzene rings is 2. The van der Waals surface area contributed by atoms with E-state index in [1.54, 1.807) is 11.6 Å². The van der Waals surface area contributed by atoms with E-state index in [1.165, 1.54) is 23.9 Å². The minimum Gasteiger partial charge on any atom is -0.403 e. The number of alkyl halides is 3. The molecule has 0 fully saturated rings. The van der Waals surface area contributed by atoms with Crippen LogP contribution in [0.15, 0.2) is 64.4 Å². The molecule has 0 amide bonds. The van der Waals surface area contributed by atoms with Gasteiger partial charge in [-0.3, -0.25) is 0 Å². The Labute approximate surface area is 177 Å². The maximum absolute atomic E-state index is 13.0. The van der Waals surface area contributed by atoms with Crippen molar-refractivity contribution in [2.45, 2.75) is 49.2 Å². The number of carbonyl (C=O) groups excluding carboxylic acids is 1. The molecular formula is C22H21F3N2O2S. The standard InChI is InChI=1S/C22H21F3N2O2S/c1-14-18(30-17-11-6-5-7-12-17)19(27(26-14)21(2,3)4)29-20(28)15-9-8-10-16(13-15)22(23,24)25/h5-13H,1-4H3. The molecule has 0 aliphatic rings. The van der Waals surface area contributed by atoms with Crippen LogP contribution >= 0.6 is 11.8 Å². The zero-order chi connectivity index (χ0) is 22.1. The molecular weight excluding hydrogens is 413 g/mol. The van der Waals surface area contributed by atoms with Crippen molar-refractivity contribution in [2.75, 3.05) is 0 Å². The molecule has 0 radical (unpaired) electrons. The lowest BCUT2D eigenvalue weighted by atomic mass is 10.1. The van der Waals surface area contributed by atoms with Crippen molar-refractivity contribution >= 4 is 17.7 Å². The molecule has 0 N–H and O–H groups in total. The van der Waals surface area contributed by atoms with Crippen molar-refractivity contribution in [1.29, 1.82) is 0 Å². The maximum Gasteiger partial charge on any atom is 0.416 e. The number of esters is 1. The fourth-order valence-corrected chi connectivity index (χ4v) is 3.66. The Morgan fingerprint density at radius 1 is 1.03 bits per heavy atom. The minimum atomic E-state index is -4.55. The van der Waals surface area contributed by atoms with Gasteiger partial charge in [-0.15, -0.1) is 0 Å². The Hall–Kier alpha value is -2.74. The molecule has 2 aromatic carbocycles. The molecule has 0 bridgehead atoms. The molecule has 8 heteroatoms. The molecule has 0 spiro atoms. The third kappa shape index (κ3) is 4.87. The van der Waals surface area contributed by atoms with Gasteiger partial charge >= 0.3 is 12.1 Å². The van der Waals surface area contributed by atoms with E-state index in [2.05, 4.69) is 5.10 Å². The molecule has 1 aromatic heterocycles. The molecule has 158 valence electrons. The Kier molecular flexibility index (Phi) is 5.99. The van der Waals surface area contributed by atoms with Crippen LogP contribution in [0, 0.1) is 6.92 Å². The zero-order valence-corrected chi connectivity index (χ0v) is 17.8. The lowest BCUT2D eigenvalue weighted by Gasteiger charge is -2.22. The quantitative estimate of drug-likeness (QED) is 0.450. The second kappa shape index (κ2) is 8.18. The summed E-state index contributed by atoms with van der Waals surface area (Å²) in [5.74, 6) is -0.669. The number of rotatable bonds is 4. The van der Waals surface area contributed by atoms with Gasteiger partial charge in [0.05, 0.1) is 27.3 Å². The molecule has 0 saturated carbocycles. The smallest absolute Gasteiger partial charge is 0.403 e. The first-order valence-corrected chi connectivity index (χ1v) is 10.0. The topological polar surface area (TPSA) is 44.1 Å². The van der Waals surface area contributed by atoms with Gasteiger partial charge in [-0.05, 0) is 58.0 Å². The van der Waals surface area contributed by atoms with E-state index >= 15 is 0 Å². The Balaban J connectivity index is 2.01. The van der Waals surface area contributed by atoms with E-state index < -0.39 is 23.2 Å². The molecule has 0 aliphatic carbocycles. The van der Waals surface area contributed by atoms with Crippen LogP contribution in [0.25, 0.3) is 0 Å². The first kappa shape index (κ1) is 22.0. The van der Waals surface area contributed by atoms with Gasteiger partial charge in [0, 0.05) is 4.90 Å². The van der Waals surface area contributed by atoms with Gasteiger partial charge in [0.2, 0.25) is 5.88 Å². The highest BCUT2D eigenvalue weighted by atomic mass is 32.2. The van der Waals surface area contributed by atoms with Gasteiger partial charge in [0.25, 0.3) is 0 Å². The van der Waals surface area contributed by atoms with E-state index in [0.717, 1.165) is 17.0 Å². The SMILES string of the molecule is Cc1nn(C(C)(C)C)c(OC(=O)c2cccc(C(F)(F)F)c2)c1Sc1ccccc1. The predicted molar refractivity (Wildman–Crippen MR) is 109 cm³/mol. The third-order valence-corrected chi connectivity index (χ3v) is 5.36. The van der Waals surface area contributed by atoms with Gasteiger partial charge in [-0.2, -0.15) is 18.3 Å². The van der Waals surface area contributed by atoms with Crippen molar-refractivity contribution in [1.82, 2.24) is 9.78 Å². The molecule has 1 heterocycles. The number of hydrogen-bond acceptors (Lipinski definition) is 4. The summed E-state index contributed by atoms with van der Waals surface area (Å²) in [6.45, 7) is 7.50. The van der Waals surface area contributed by atoms with E-state index in [9.17, 15) is 18.0 Å². The normalized spacial score (nSPS) is 12.1. The van der Waals surface area contributed by atoms with Gasteiger partial charge < -0.3 is 4.74 Å². The number of ether oxygens (including phenoxy) is 1. The Morgan fingerprint density at radius 3 is 2.30 bits per heavy atom. The average molecular weight is 434 g/mol. The van der Waals surface area contributed by atoms with Gasteiger partial charge in [0.15, 0.2) is 0 Å². The van der Waals surface area contributed by atoms with Crippen molar-refractivity contribution in [3.05, 3.63) is 71.4 Å². The number of carbonyl (C=O) groups is 1. The maximum atomic E-state index is 13.0. The zero-order valence-electron chi connectivity index (χ0n) is 16.9. The van der Waals surface area contributed by atoms with Crippen LogP contribution in [0.5, 0.6) is 5.88 Å². The summed E-state index contributed by atoms with van der Waals surface area (Å²) >= 11 is 1.38. The summed E-state index contributed by atoms with van der Waals surface area (Å²) in [5, 5.41) is 4.52. The fourth-order valence-electron chi connectivity index (χ4n) is 2.73. The van der Waals surface area contributed by atoms with Crippen LogP contribution in [-0.2, 0) is 11.7 Å². The largest absolute Gasteiger partial charge is 0.416 e. The van der Waals surface area contributed by atoms with E-state index in [0.29, 0.717) is 10.6 Å². The number of aryl methyl sites for hydroxylation is 1. The van der Waals surface area contributed by atoms with E-state index in [4.69, 9.17) is 4.74 Å². The minimum absolute atomic E-state index is 0.181. The second-order valence-corrected chi connectivity index (χ2v) is 8.77. The number of aromatic nitrogens is 2. The molecule has 3 rings (SSSR count). The monoisotopic (exact) mass is 434 g/mol. The van der Waals surface area contributed by atoms with Crippen LogP contribution in [-0.4, -0.2) is 15.7 Å². The highest BCUT2D eigenvalue weighted by Gasteiger charge is 2.32. The Bertz CT molecular complexity index is 1050. The first-order valence-electron chi connectivity index (χ1n) is 9.19. The van der Waals surface area contributed by atoms with Crippen LogP contribution in [0.3, 0.4) is 0 Å². The first-order chi connectivity index (χ1) is 14.0. The summed E-state index contributed by atoms with van der Waals surface area (Å²) in [5.41, 5.74) is -0.939. The Morgan fingerprint density at radius 2 is 1.70 bits per heavy atom. The van der Waals surface area contributed by atoms with Crippen molar-refractivity contribution < 1.29 is 22.7 Å². The van der Waals surface area contributed by atoms with E-state index in [-0.39, 0.29) is 11.4 Å². The van der Waals surface area contributed by atoms with Crippen molar-refractivity contribution in [3.8, 4) is 5.88 Å². The molecule has 0 unspecified atom stereocenters. The summed E-state index contributed by atoms with van der Waals surface area (Å²) in [6.07, 6.45) is -4.55. The number of halogens is 3. The summed E-state index contributed by atoms with van der Waals surface area (Å²) in [4.78, 5) is 14.3. The molecule has 0 aliphatic heterocycles. The van der Waals surface area contributed by atoms with Gasteiger partial charge in [-0.1, -0.05) is 36.0 Å².